The van der Waals surface area contributed by atoms with Crippen molar-refractivity contribution in [3.8, 4) is 11.5 Å². The molecule has 3 aromatic carbocycles. The van der Waals surface area contributed by atoms with Gasteiger partial charge in [-0.1, -0.05) is 18.2 Å². The number of anilines is 2. The summed E-state index contributed by atoms with van der Waals surface area (Å²) in [5, 5.41) is 0. The van der Waals surface area contributed by atoms with Gasteiger partial charge < -0.3 is 19.1 Å². The molecule has 0 radical (unpaired) electrons. The number of halogens is 1. The molecule has 1 N–H and O–H groups in total. The maximum atomic E-state index is 14.8. The minimum atomic E-state index is -3.85. The number of nitrogens with one attached hydrogen (secondary N) is 1. The number of carbonyl (C=O) groups is 1. The van der Waals surface area contributed by atoms with Gasteiger partial charge in [0, 0.05) is 19.6 Å². The van der Waals surface area contributed by atoms with Gasteiger partial charge in [-0.3, -0.25) is 4.90 Å². The molecular weight excluding hydrogens is 501 g/mol. The van der Waals surface area contributed by atoms with E-state index in [0.29, 0.717) is 49.2 Å². The SMILES string of the molecule is O=C1O[C@@H](CNS(=O)(=O)c2ccc(Oc3ccccc3)cc2)CN1c1ccc(N2CCOCC2)c(F)c1. The number of cyclic esters (lactones) is 1. The summed E-state index contributed by atoms with van der Waals surface area (Å²) < 4.78 is 59.1. The standard InChI is InChI=1S/C26H26FN3O6S/c27-24-16-19(6-11-25(24)29-12-14-34-15-13-29)30-18-22(36-26(30)31)17-28-37(32,33)23-9-7-21(8-10-23)35-20-4-2-1-3-5-20/h1-11,16,22,28H,12-15,17-18H2/t22-/m0/s1. The third kappa shape index (κ3) is 5.85. The van der Waals surface area contributed by atoms with Gasteiger partial charge in [0.25, 0.3) is 0 Å². The summed E-state index contributed by atoms with van der Waals surface area (Å²) in [4.78, 5) is 15.7. The van der Waals surface area contributed by atoms with Crippen LogP contribution in [0.15, 0.2) is 77.7 Å². The lowest BCUT2D eigenvalue weighted by Crippen LogP contribution is -2.37. The first kappa shape index (κ1) is 25.0. The van der Waals surface area contributed by atoms with Crippen molar-refractivity contribution in [2.24, 2.45) is 0 Å². The molecular formula is C26H26FN3O6S. The number of rotatable bonds is 8. The second-order valence-corrected chi connectivity index (χ2v) is 10.4. The third-order valence-corrected chi connectivity index (χ3v) is 7.52. The van der Waals surface area contributed by atoms with E-state index in [-0.39, 0.29) is 18.0 Å². The molecule has 2 aliphatic rings. The van der Waals surface area contributed by atoms with Crippen molar-refractivity contribution >= 4 is 27.5 Å². The van der Waals surface area contributed by atoms with Gasteiger partial charge in [-0.05, 0) is 54.6 Å². The molecule has 2 heterocycles. The van der Waals surface area contributed by atoms with E-state index >= 15 is 0 Å². The second-order valence-electron chi connectivity index (χ2n) is 8.59. The van der Waals surface area contributed by atoms with E-state index in [2.05, 4.69) is 4.72 Å². The summed E-state index contributed by atoms with van der Waals surface area (Å²) in [5.74, 6) is 0.688. The largest absolute Gasteiger partial charge is 0.457 e. The van der Waals surface area contributed by atoms with Crippen LogP contribution in [0.4, 0.5) is 20.6 Å². The number of hydrogen-bond donors (Lipinski definition) is 1. The van der Waals surface area contributed by atoms with Crippen LogP contribution >= 0.6 is 0 Å². The number of hydrogen-bond acceptors (Lipinski definition) is 7. The van der Waals surface area contributed by atoms with Crippen LogP contribution in [0.2, 0.25) is 0 Å². The van der Waals surface area contributed by atoms with Gasteiger partial charge >= 0.3 is 6.09 Å². The molecule has 0 bridgehead atoms. The Morgan fingerprint density at radius 1 is 0.973 bits per heavy atom. The number of nitrogens with zero attached hydrogens (tertiary/aromatic N) is 2. The summed E-state index contributed by atoms with van der Waals surface area (Å²) in [6.07, 6.45) is -1.39. The van der Waals surface area contributed by atoms with Crippen molar-refractivity contribution in [3.63, 3.8) is 0 Å². The number of sulfonamides is 1. The molecule has 37 heavy (non-hydrogen) atoms. The monoisotopic (exact) mass is 527 g/mol. The van der Waals surface area contributed by atoms with Crippen molar-refractivity contribution in [1.29, 1.82) is 0 Å². The predicted molar refractivity (Wildman–Crippen MR) is 135 cm³/mol. The van der Waals surface area contributed by atoms with E-state index in [9.17, 15) is 17.6 Å². The number of morpholine rings is 1. The fourth-order valence-corrected chi connectivity index (χ4v) is 5.23. The van der Waals surface area contributed by atoms with Crippen LogP contribution in [0, 0.1) is 5.82 Å². The van der Waals surface area contributed by atoms with Crippen LogP contribution in [0.25, 0.3) is 0 Å². The Balaban J connectivity index is 1.18. The lowest BCUT2D eigenvalue weighted by molar-refractivity contribution is 0.122. The summed E-state index contributed by atoms with van der Waals surface area (Å²) in [6.45, 7) is 2.20. The summed E-state index contributed by atoms with van der Waals surface area (Å²) >= 11 is 0. The minimum Gasteiger partial charge on any atom is -0.457 e. The first-order valence-corrected chi connectivity index (χ1v) is 13.3. The van der Waals surface area contributed by atoms with E-state index in [0.717, 1.165) is 0 Å². The molecule has 2 fully saturated rings. The number of amides is 1. The number of benzene rings is 3. The lowest BCUT2D eigenvalue weighted by Gasteiger charge is -2.29. The number of carbonyl (C=O) groups excluding carboxylic acids is 1. The van der Waals surface area contributed by atoms with Crippen molar-refractivity contribution in [2.75, 3.05) is 49.2 Å². The highest BCUT2D eigenvalue weighted by Gasteiger charge is 2.34. The Morgan fingerprint density at radius 2 is 1.68 bits per heavy atom. The van der Waals surface area contributed by atoms with Crippen molar-refractivity contribution < 1.29 is 31.8 Å². The lowest BCUT2D eigenvalue weighted by atomic mass is 10.2. The molecule has 0 spiro atoms. The molecule has 0 unspecified atom stereocenters. The van der Waals surface area contributed by atoms with E-state index in [1.807, 2.05) is 23.1 Å². The quantitative estimate of drug-likeness (QED) is 0.477. The highest BCUT2D eigenvalue weighted by atomic mass is 32.2. The summed E-state index contributed by atoms with van der Waals surface area (Å²) in [5.41, 5.74) is 0.794. The molecule has 11 heteroatoms. The minimum absolute atomic E-state index is 0.0508. The Kier molecular flexibility index (Phi) is 7.26. The van der Waals surface area contributed by atoms with Gasteiger partial charge in [0.15, 0.2) is 0 Å². The highest BCUT2D eigenvalue weighted by Crippen LogP contribution is 2.28. The van der Waals surface area contributed by atoms with Crippen LogP contribution in [0.5, 0.6) is 11.5 Å². The molecule has 0 saturated carbocycles. The van der Waals surface area contributed by atoms with Gasteiger partial charge in [0.05, 0.1) is 36.0 Å². The average Bonchev–Trinajstić information content (AvgIpc) is 3.29. The van der Waals surface area contributed by atoms with Gasteiger partial charge in [-0.2, -0.15) is 0 Å². The van der Waals surface area contributed by atoms with Crippen LogP contribution in [-0.4, -0.2) is 60.0 Å². The molecule has 2 aliphatic heterocycles. The molecule has 0 aliphatic carbocycles. The van der Waals surface area contributed by atoms with Gasteiger partial charge in [0.1, 0.15) is 23.4 Å². The molecule has 3 aromatic rings. The Labute approximate surface area is 214 Å². The Morgan fingerprint density at radius 3 is 2.38 bits per heavy atom. The number of ether oxygens (including phenoxy) is 3. The maximum Gasteiger partial charge on any atom is 0.414 e. The van der Waals surface area contributed by atoms with E-state index in [1.165, 1.54) is 23.1 Å². The number of para-hydroxylation sites is 1. The van der Waals surface area contributed by atoms with Gasteiger partial charge in [-0.25, -0.2) is 22.3 Å². The van der Waals surface area contributed by atoms with E-state index in [1.54, 1.807) is 36.4 Å². The molecule has 9 nitrogen and oxygen atoms in total. The first-order valence-electron chi connectivity index (χ1n) is 11.8. The molecule has 1 atom stereocenters. The van der Waals surface area contributed by atoms with Crippen LogP contribution in [0.3, 0.4) is 0 Å². The van der Waals surface area contributed by atoms with Crippen LogP contribution < -0.4 is 19.3 Å². The smallest absolute Gasteiger partial charge is 0.414 e. The zero-order chi connectivity index (χ0) is 25.8. The Hall–Kier alpha value is -3.67. The molecule has 0 aromatic heterocycles. The zero-order valence-electron chi connectivity index (χ0n) is 19.9. The maximum absolute atomic E-state index is 14.8. The Bertz CT molecular complexity index is 1350. The zero-order valence-corrected chi connectivity index (χ0v) is 20.7. The van der Waals surface area contributed by atoms with Crippen molar-refractivity contribution in [2.45, 2.75) is 11.0 Å². The van der Waals surface area contributed by atoms with Gasteiger partial charge in [-0.15, -0.1) is 0 Å². The van der Waals surface area contributed by atoms with Crippen LogP contribution in [-0.2, 0) is 19.5 Å². The fraction of sp³-hybridized carbons (Fsp3) is 0.269. The molecule has 194 valence electrons. The predicted octanol–water partition coefficient (Wildman–Crippen LogP) is 3.76. The van der Waals surface area contributed by atoms with Crippen molar-refractivity contribution in [3.05, 3.63) is 78.6 Å². The first-order chi connectivity index (χ1) is 17.9. The normalized spacial score (nSPS) is 18.1. The van der Waals surface area contributed by atoms with E-state index < -0.39 is 28.0 Å². The third-order valence-electron chi connectivity index (χ3n) is 6.08. The summed E-state index contributed by atoms with van der Waals surface area (Å²) in [6, 6.07) is 19.7. The molecule has 2 saturated heterocycles. The molecule has 1 amide bonds. The summed E-state index contributed by atoms with van der Waals surface area (Å²) in [7, 11) is -3.85. The molecule has 5 rings (SSSR count). The topological polar surface area (TPSA) is 97.4 Å². The fourth-order valence-electron chi connectivity index (χ4n) is 4.16. The van der Waals surface area contributed by atoms with Crippen LogP contribution in [0.1, 0.15) is 0 Å². The van der Waals surface area contributed by atoms with Gasteiger partial charge in [0.2, 0.25) is 10.0 Å². The van der Waals surface area contributed by atoms with E-state index in [4.69, 9.17) is 14.2 Å². The second kappa shape index (κ2) is 10.8. The van der Waals surface area contributed by atoms with Crippen molar-refractivity contribution in [1.82, 2.24) is 4.72 Å². The highest BCUT2D eigenvalue weighted by molar-refractivity contribution is 7.89. The average molecular weight is 528 g/mol.